The van der Waals surface area contributed by atoms with Crippen molar-refractivity contribution >= 4 is 22.5 Å². The van der Waals surface area contributed by atoms with Gasteiger partial charge >= 0.3 is 0 Å². The van der Waals surface area contributed by atoms with Crippen molar-refractivity contribution in [3.63, 3.8) is 0 Å². The molecule has 1 aromatic carbocycles. The van der Waals surface area contributed by atoms with Crippen LogP contribution in [0.2, 0.25) is 5.02 Å². The molecule has 0 radical (unpaired) electrons. The number of nitrogens with one attached hydrogen (secondary N) is 1. The topological polar surface area (TPSA) is 90.0 Å². The van der Waals surface area contributed by atoms with Crippen LogP contribution in [0.1, 0.15) is 54.4 Å². The second-order valence-corrected chi connectivity index (χ2v) is 10.0. The predicted molar refractivity (Wildman–Crippen MR) is 143 cm³/mol. The van der Waals surface area contributed by atoms with Gasteiger partial charge in [-0.3, -0.25) is 0 Å². The summed E-state index contributed by atoms with van der Waals surface area (Å²) >= 11 is 6.89. The summed E-state index contributed by atoms with van der Waals surface area (Å²) in [6.07, 6.45) is 3.51. The van der Waals surface area contributed by atoms with Gasteiger partial charge in [-0.2, -0.15) is 0 Å². The van der Waals surface area contributed by atoms with Crippen molar-refractivity contribution in [1.29, 1.82) is 0 Å². The molecule has 4 aromatic rings. The Kier molecular flexibility index (Phi) is 7.53. The second-order valence-electron chi connectivity index (χ2n) is 9.65. The zero-order chi connectivity index (χ0) is 28.0. The minimum absolute atomic E-state index is 0.0310. The molecule has 11 heteroatoms. The number of methoxy groups -OCH3 is 1. The zero-order valence-electron chi connectivity index (χ0n) is 22.6. The third-order valence-corrected chi connectivity index (χ3v) is 7.75. The maximum absolute atomic E-state index is 14.0. The van der Waals surface area contributed by atoms with Gasteiger partial charge in [0, 0.05) is 38.5 Å². The quantitative estimate of drug-likeness (QED) is 0.314. The lowest BCUT2D eigenvalue weighted by atomic mass is 9.86. The number of fused-ring (bicyclic) bond motifs is 1. The molecule has 4 rings (SSSR count). The van der Waals surface area contributed by atoms with Crippen LogP contribution in [-0.2, 0) is 26.2 Å². The van der Waals surface area contributed by atoms with E-state index in [1.165, 1.54) is 7.11 Å². The van der Waals surface area contributed by atoms with Crippen LogP contribution in [0.25, 0.3) is 10.9 Å². The number of rotatable bonds is 9. The third kappa shape index (κ3) is 4.65. The van der Waals surface area contributed by atoms with Crippen LogP contribution in [0, 0.1) is 13.8 Å². The number of pyridine rings is 1. The Morgan fingerprint density at radius 1 is 1.11 bits per heavy atom. The first-order valence-corrected chi connectivity index (χ1v) is 12.7. The van der Waals surface area contributed by atoms with E-state index in [2.05, 4.69) is 20.3 Å². The number of imidazole rings is 2. The highest BCUT2D eigenvalue weighted by Gasteiger charge is 2.40. The molecule has 2 N–H and O–H groups in total. The first-order chi connectivity index (χ1) is 17.8. The van der Waals surface area contributed by atoms with Crippen molar-refractivity contribution < 1.29 is 18.6 Å². The zero-order valence-corrected chi connectivity index (χ0v) is 23.4. The van der Waals surface area contributed by atoms with E-state index in [-0.39, 0.29) is 18.8 Å². The van der Waals surface area contributed by atoms with Gasteiger partial charge in [-0.05, 0) is 38.0 Å². The van der Waals surface area contributed by atoms with Crippen molar-refractivity contribution in [2.75, 3.05) is 7.11 Å². The SMILES string of the molecule is CCC(NCc1c(OC)nc2ccc(C(O)(c3cnc(C)n3C)c3cnc(C)n3C)cc2c1Cl)C(C)(F)F. The largest absolute Gasteiger partial charge is 0.481 e. The monoisotopic (exact) mass is 546 g/mol. The molecular weight excluding hydrogens is 514 g/mol. The summed E-state index contributed by atoms with van der Waals surface area (Å²) < 4.78 is 37.1. The van der Waals surface area contributed by atoms with Gasteiger partial charge in [0.05, 0.1) is 47.5 Å². The Bertz CT molecular complexity index is 1430. The average Bonchev–Trinajstić information content (AvgIpc) is 3.39. The number of aryl methyl sites for hydroxylation is 2. The highest BCUT2D eigenvalue weighted by atomic mass is 35.5. The molecule has 1 atom stereocenters. The van der Waals surface area contributed by atoms with Crippen LogP contribution >= 0.6 is 11.6 Å². The van der Waals surface area contributed by atoms with Gasteiger partial charge < -0.3 is 24.3 Å². The Labute approximate surface area is 225 Å². The summed E-state index contributed by atoms with van der Waals surface area (Å²) in [5.74, 6) is -1.20. The average molecular weight is 547 g/mol. The van der Waals surface area contributed by atoms with Gasteiger partial charge in [-0.25, -0.2) is 23.7 Å². The number of halogens is 3. The lowest BCUT2D eigenvalue weighted by molar-refractivity contribution is -0.0201. The van der Waals surface area contributed by atoms with Crippen LogP contribution in [0.3, 0.4) is 0 Å². The molecule has 3 aromatic heterocycles. The normalized spacial score (nSPS) is 13.3. The molecule has 3 heterocycles. The Hall–Kier alpha value is -3.08. The molecule has 0 fully saturated rings. The number of aromatic nitrogens is 5. The molecule has 204 valence electrons. The fourth-order valence-electron chi connectivity index (χ4n) is 4.80. The molecule has 0 aliphatic carbocycles. The standard InChI is InChI=1S/C27H33ClF2N6O2/c1-8-21(26(4,29)30)33-12-19-24(28)18-11-17(9-10-20(18)34-25(19)38-7)27(37,22-13-31-15(2)35(22)5)23-14-32-16(3)36(23)6/h9-11,13-14,21,33,37H,8,12H2,1-7H3. The molecule has 0 spiro atoms. The Morgan fingerprint density at radius 2 is 1.68 bits per heavy atom. The Morgan fingerprint density at radius 3 is 2.13 bits per heavy atom. The first-order valence-electron chi connectivity index (χ1n) is 12.3. The maximum Gasteiger partial charge on any atom is 0.260 e. The molecule has 38 heavy (non-hydrogen) atoms. The fourth-order valence-corrected chi connectivity index (χ4v) is 5.10. The van der Waals surface area contributed by atoms with E-state index >= 15 is 0 Å². The second kappa shape index (κ2) is 10.2. The number of hydrogen-bond acceptors (Lipinski definition) is 6. The van der Waals surface area contributed by atoms with E-state index < -0.39 is 17.6 Å². The van der Waals surface area contributed by atoms with E-state index in [1.54, 1.807) is 37.5 Å². The smallest absolute Gasteiger partial charge is 0.260 e. The molecular formula is C27H33ClF2N6O2. The van der Waals surface area contributed by atoms with Gasteiger partial charge in [-0.15, -0.1) is 0 Å². The minimum Gasteiger partial charge on any atom is -0.481 e. The lowest BCUT2D eigenvalue weighted by Crippen LogP contribution is -2.42. The number of benzene rings is 1. The highest BCUT2D eigenvalue weighted by Crippen LogP contribution is 2.40. The van der Waals surface area contributed by atoms with Crippen molar-refractivity contribution in [3.8, 4) is 5.88 Å². The van der Waals surface area contributed by atoms with Crippen LogP contribution < -0.4 is 10.1 Å². The molecule has 1 unspecified atom stereocenters. The lowest BCUT2D eigenvalue weighted by Gasteiger charge is -2.30. The van der Waals surface area contributed by atoms with Crippen molar-refractivity contribution in [3.05, 3.63) is 69.8 Å². The molecule has 0 saturated heterocycles. The fraction of sp³-hybridized carbons (Fsp3) is 0.444. The van der Waals surface area contributed by atoms with E-state index in [4.69, 9.17) is 16.3 Å². The summed E-state index contributed by atoms with van der Waals surface area (Å²) in [5.41, 5.74) is 0.991. The highest BCUT2D eigenvalue weighted by molar-refractivity contribution is 6.36. The summed E-state index contributed by atoms with van der Waals surface area (Å²) in [7, 11) is 5.13. The summed E-state index contributed by atoms with van der Waals surface area (Å²) in [6.45, 7) is 6.32. The molecule has 0 saturated carbocycles. The molecule has 0 amide bonds. The van der Waals surface area contributed by atoms with Gasteiger partial charge in [0.25, 0.3) is 5.92 Å². The molecule has 8 nitrogen and oxygen atoms in total. The van der Waals surface area contributed by atoms with E-state index in [9.17, 15) is 13.9 Å². The third-order valence-electron chi connectivity index (χ3n) is 7.32. The molecule has 0 bridgehead atoms. The van der Waals surface area contributed by atoms with Crippen molar-refractivity contribution in [1.82, 2.24) is 29.4 Å². The van der Waals surface area contributed by atoms with Crippen LogP contribution in [-0.4, -0.2) is 48.3 Å². The van der Waals surface area contributed by atoms with E-state index in [0.29, 0.717) is 38.4 Å². The first kappa shape index (κ1) is 27.9. The number of aliphatic hydroxyl groups is 1. The van der Waals surface area contributed by atoms with Gasteiger partial charge in [0.2, 0.25) is 5.88 Å². The van der Waals surface area contributed by atoms with Crippen molar-refractivity contribution in [2.45, 2.75) is 58.2 Å². The predicted octanol–water partition coefficient (Wildman–Crippen LogP) is 4.79. The summed E-state index contributed by atoms with van der Waals surface area (Å²) in [6, 6.07) is 4.25. The van der Waals surface area contributed by atoms with Gasteiger partial charge in [0.1, 0.15) is 11.6 Å². The number of hydrogen-bond donors (Lipinski definition) is 2. The number of alkyl halides is 2. The van der Waals surface area contributed by atoms with Gasteiger partial charge in [-0.1, -0.05) is 24.6 Å². The van der Waals surface area contributed by atoms with Crippen LogP contribution in [0.4, 0.5) is 8.78 Å². The van der Waals surface area contributed by atoms with Gasteiger partial charge in [0.15, 0.2) is 5.60 Å². The summed E-state index contributed by atoms with van der Waals surface area (Å²) in [5, 5.41) is 16.2. The summed E-state index contributed by atoms with van der Waals surface area (Å²) in [4.78, 5) is 13.4. The van der Waals surface area contributed by atoms with Crippen LogP contribution in [0.15, 0.2) is 30.6 Å². The molecule has 0 aliphatic heterocycles. The number of nitrogens with zero attached hydrogens (tertiary/aromatic N) is 5. The van der Waals surface area contributed by atoms with E-state index in [0.717, 1.165) is 18.6 Å². The Balaban J connectivity index is 1.91. The minimum atomic E-state index is -2.91. The van der Waals surface area contributed by atoms with Crippen molar-refractivity contribution in [2.24, 2.45) is 14.1 Å². The maximum atomic E-state index is 14.0. The number of ether oxygens (including phenoxy) is 1. The van der Waals surface area contributed by atoms with E-state index in [1.807, 2.05) is 37.1 Å². The van der Waals surface area contributed by atoms with Crippen LogP contribution in [0.5, 0.6) is 5.88 Å². The molecule has 0 aliphatic rings.